The van der Waals surface area contributed by atoms with Gasteiger partial charge >= 0.3 is 0 Å². The summed E-state index contributed by atoms with van der Waals surface area (Å²) < 4.78 is 2.24. The van der Waals surface area contributed by atoms with Crippen molar-refractivity contribution >= 4 is 17.7 Å². The highest BCUT2D eigenvalue weighted by molar-refractivity contribution is 5.82. The van der Waals surface area contributed by atoms with Crippen LogP contribution in [0.15, 0.2) is 53.8 Å². The second-order valence-corrected chi connectivity index (χ2v) is 6.90. The molecule has 0 amide bonds. The maximum atomic E-state index is 10.7. The van der Waals surface area contributed by atoms with Gasteiger partial charge in [-0.3, -0.25) is 15.5 Å². The van der Waals surface area contributed by atoms with Crippen molar-refractivity contribution in [3.05, 3.63) is 81.3 Å². The summed E-state index contributed by atoms with van der Waals surface area (Å²) in [5.74, 6) is 0.866. The molecule has 0 spiro atoms. The van der Waals surface area contributed by atoms with E-state index in [0.29, 0.717) is 11.7 Å². The van der Waals surface area contributed by atoms with E-state index in [0.717, 1.165) is 17.0 Å². The molecule has 144 valence electrons. The molecule has 0 aliphatic heterocycles. The number of pyridine rings is 1. The van der Waals surface area contributed by atoms with Crippen molar-refractivity contribution in [2.45, 2.75) is 33.6 Å². The van der Waals surface area contributed by atoms with Gasteiger partial charge < -0.3 is 4.57 Å². The van der Waals surface area contributed by atoms with Gasteiger partial charge in [0.15, 0.2) is 0 Å². The number of aromatic nitrogens is 2. The molecular weight excluding hydrogens is 354 g/mol. The second kappa shape index (κ2) is 8.04. The first-order chi connectivity index (χ1) is 13.4. The van der Waals surface area contributed by atoms with Crippen LogP contribution in [0.5, 0.6) is 0 Å². The Labute approximate surface area is 163 Å². The van der Waals surface area contributed by atoms with Crippen LogP contribution in [0.4, 0.5) is 11.5 Å². The summed E-state index contributed by atoms with van der Waals surface area (Å²) in [5, 5.41) is 14.9. The Morgan fingerprint density at radius 2 is 1.96 bits per heavy atom. The number of anilines is 1. The minimum Gasteiger partial charge on any atom is -0.318 e. The predicted molar refractivity (Wildman–Crippen MR) is 111 cm³/mol. The third-order valence-electron chi connectivity index (χ3n) is 4.61. The molecule has 0 atom stereocenters. The van der Waals surface area contributed by atoms with Gasteiger partial charge in [-0.15, -0.1) is 0 Å². The van der Waals surface area contributed by atoms with Gasteiger partial charge in [-0.05, 0) is 43.5 Å². The quantitative estimate of drug-likeness (QED) is 0.373. The number of rotatable bonds is 6. The lowest BCUT2D eigenvalue weighted by molar-refractivity contribution is -0.385. The number of hydrogen-bond acceptors (Lipinski definition) is 5. The smallest absolute Gasteiger partial charge is 0.287 e. The predicted octanol–water partition coefficient (Wildman–Crippen LogP) is 4.97. The number of aryl methyl sites for hydroxylation is 1. The van der Waals surface area contributed by atoms with Crippen LogP contribution in [0.25, 0.3) is 5.69 Å². The number of nitrogens with zero attached hydrogens (tertiary/aromatic N) is 4. The third kappa shape index (κ3) is 3.93. The number of para-hydroxylation sites is 1. The average molecular weight is 377 g/mol. The summed E-state index contributed by atoms with van der Waals surface area (Å²) in [4.78, 5) is 14.2. The Bertz CT molecular complexity index is 1020. The lowest BCUT2D eigenvalue weighted by Gasteiger charge is -2.17. The van der Waals surface area contributed by atoms with Crippen LogP contribution in [-0.2, 0) is 0 Å². The monoisotopic (exact) mass is 377 g/mol. The minimum atomic E-state index is -0.482. The van der Waals surface area contributed by atoms with Gasteiger partial charge in [0.25, 0.3) is 5.69 Å². The summed E-state index contributed by atoms with van der Waals surface area (Å²) >= 11 is 0. The fourth-order valence-corrected chi connectivity index (χ4v) is 3.20. The Hall–Kier alpha value is -3.48. The van der Waals surface area contributed by atoms with E-state index in [1.54, 1.807) is 6.21 Å². The molecule has 7 heteroatoms. The summed E-state index contributed by atoms with van der Waals surface area (Å²) in [6.45, 7) is 8.52. The molecule has 0 aliphatic rings. The Balaban J connectivity index is 1.84. The number of hydrazone groups is 1. The SMILES string of the molecule is Cc1cc(/C=N/Nc2ccc([N+](=O)[O-])cn2)c(C)n1-c1ccccc1C(C)C. The van der Waals surface area contributed by atoms with Crippen molar-refractivity contribution in [3.8, 4) is 5.69 Å². The largest absolute Gasteiger partial charge is 0.318 e. The summed E-state index contributed by atoms with van der Waals surface area (Å²) in [6, 6.07) is 13.4. The van der Waals surface area contributed by atoms with E-state index in [2.05, 4.69) is 78.1 Å². The molecule has 0 saturated heterocycles. The molecule has 0 aliphatic carbocycles. The van der Waals surface area contributed by atoms with Crippen molar-refractivity contribution in [2.75, 3.05) is 5.43 Å². The minimum absolute atomic E-state index is 0.0538. The first-order valence-electron chi connectivity index (χ1n) is 9.06. The van der Waals surface area contributed by atoms with Crippen LogP contribution in [0.1, 0.15) is 42.3 Å². The fraction of sp³-hybridized carbons (Fsp3) is 0.238. The van der Waals surface area contributed by atoms with E-state index in [1.807, 2.05) is 0 Å². The highest BCUT2D eigenvalue weighted by Gasteiger charge is 2.14. The molecule has 7 nitrogen and oxygen atoms in total. The zero-order valence-electron chi connectivity index (χ0n) is 16.4. The normalized spacial score (nSPS) is 11.3. The number of nitro groups is 1. The van der Waals surface area contributed by atoms with Gasteiger partial charge in [0.05, 0.1) is 11.1 Å². The van der Waals surface area contributed by atoms with Crippen molar-refractivity contribution in [1.29, 1.82) is 0 Å². The Kier molecular flexibility index (Phi) is 5.54. The van der Waals surface area contributed by atoms with E-state index < -0.39 is 4.92 Å². The zero-order chi connectivity index (χ0) is 20.3. The zero-order valence-corrected chi connectivity index (χ0v) is 16.4. The van der Waals surface area contributed by atoms with Crippen LogP contribution in [0.3, 0.4) is 0 Å². The van der Waals surface area contributed by atoms with E-state index in [4.69, 9.17) is 0 Å². The van der Waals surface area contributed by atoms with E-state index in [9.17, 15) is 10.1 Å². The molecule has 3 aromatic rings. The molecule has 1 N–H and O–H groups in total. The summed E-state index contributed by atoms with van der Waals surface area (Å²) in [6.07, 6.45) is 2.94. The topological polar surface area (TPSA) is 85.3 Å². The number of hydrogen-bond donors (Lipinski definition) is 1. The molecule has 28 heavy (non-hydrogen) atoms. The highest BCUT2D eigenvalue weighted by Crippen LogP contribution is 2.27. The van der Waals surface area contributed by atoms with Crippen molar-refractivity contribution in [1.82, 2.24) is 9.55 Å². The van der Waals surface area contributed by atoms with Crippen molar-refractivity contribution in [2.24, 2.45) is 5.10 Å². The molecule has 3 rings (SSSR count). The van der Waals surface area contributed by atoms with Crippen LogP contribution in [-0.4, -0.2) is 20.7 Å². The van der Waals surface area contributed by atoms with E-state index in [-0.39, 0.29) is 5.69 Å². The first-order valence-corrected chi connectivity index (χ1v) is 9.06. The molecule has 0 fully saturated rings. The third-order valence-corrected chi connectivity index (χ3v) is 4.61. The maximum absolute atomic E-state index is 10.7. The first kappa shape index (κ1) is 19.3. The van der Waals surface area contributed by atoms with Gasteiger partial charge in [-0.2, -0.15) is 5.10 Å². The number of nitrogens with one attached hydrogen (secondary N) is 1. The van der Waals surface area contributed by atoms with Gasteiger partial charge in [-0.25, -0.2) is 4.98 Å². The fourth-order valence-electron chi connectivity index (χ4n) is 3.20. The van der Waals surface area contributed by atoms with Crippen LogP contribution < -0.4 is 5.43 Å². The highest BCUT2D eigenvalue weighted by atomic mass is 16.6. The Morgan fingerprint density at radius 1 is 1.21 bits per heavy atom. The average Bonchev–Trinajstić information content (AvgIpc) is 2.95. The molecule has 1 aromatic carbocycles. The molecule has 2 aromatic heterocycles. The molecular formula is C21H23N5O2. The van der Waals surface area contributed by atoms with Gasteiger partial charge in [0.2, 0.25) is 0 Å². The van der Waals surface area contributed by atoms with Crippen LogP contribution in [0.2, 0.25) is 0 Å². The molecule has 2 heterocycles. The molecule has 0 bridgehead atoms. The summed E-state index contributed by atoms with van der Waals surface area (Å²) in [7, 11) is 0. The molecule has 0 radical (unpaired) electrons. The standard InChI is InChI=1S/C21H23N5O2/c1-14(2)19-7-5-6-8-20(19)25-15(3)11-17(16(25)4)12-23-24-21-10-9-18(13-22-21)26(27)28/h5-14H,1-4H3,(H,22,24)/b23-12+. The van der Waals surface area contributed by atoms with Crippen LogP contribution >= 0.6 is 0 Å². The van der Waals surface area contributed by atoms with E-state index >= 15 is 0 Å². The van der Waals surface area contributed by atoms with Gasteiger partial charge in [0, 0.05) is 28.7 Å². The van der Waals surface area contributed by atoms with Gasteiger partial charge in [0.1, 0.15) is 12.0 Å². The van der Waals surface area contributed by atoms with Gasteiger partial charge in [-0.1, -0.05) is 32.0 Å². The maximum Gasteiger partial charge on any atom is 0.287 e. The molecule has 0 saturated carbocycles. The number of benzene rings is 1. The van der Waals surface area contributed by atoms with Crippen LogP contribution in [0, 0.1) is 24.0 Å². The molecule has 0 unspecified atom stereocenters. The lowest BCUT2D eigenvalue weighted by Crippen LogP contribution is -2.04. The summed E-state index contributed by atoms with van der Waals surface area (Å²) in [5.41, 5.74) is 8.43. The van der Waals surface area contributed by atoms with Crippen molar-refractivity contribution in [3.63, 3.8) is 0 Å². The second-order valence-electron chi connectivity index (χ2n) is 6.90. The van der Waals surface area contributed by atoms with E-state index in [1.165, 1.54) is 29.6 Å². The Morgan fingerprint density at radius 3 is 2.61 bits per heavy atom. The lowest BCUT2D eigenvalue weighted by atomic mass is 10.0. The van der Waals surface area contributed by atoms with Crippen molar-refractivity contribution < 1.29 is 4.92 Å².